The van der Waals surface area contributed by atoms with Crippen molar-refractivity contribution in [3.05, 3.63) is 58.3 Å². The second kappa shape index (κ2) is 5.80. The van der Waals surface area contributed by atoms with E-state index in [-0.39, 0.29) is 0 Å². The van der Waals surface area contributed by atoms with Gasteiger partial charge in [0.2, 0.25) is 0 Å². The summed E-state index contributed by atoms with van der Waals surface area (Å²) in [5, 5.41) is 12.4. The van der Waals surface area contributed by atoms with Crippen LogP contribution in [0.5, 0.6) is 5.75 Å². The first-order chi connectivity index (χ1) is 8.24. The molecular weight excluding hydrogens is 280 g/mol. The Morgan fingerprint density at radius 1 is 1.06 bits per heavy atom. The molecule has 0 spiro atoms. The highest BCUT2D eigenvalue weighted by atomic mass is 79.9. The van der Waals surface area contributed by atoms with E-state index in [1.165, 1.54) is 0 Å². The minimum absolute atomic E-state index is 0.295. The van der Waals surface area contributed by atoms with Crippen molar-refractivity contribution in [1.29, 1.82) is 0 Å². The fraction of sp³-hybridized carbons (Fsp3) is 0.154. The summed E-state index contributed by atoms with van der Waals surface area (Å²) in [5.41, 5.74) is 2.15. The summed E-state index contributed by atoms with van der Waals surface area (Å²) >= 11 is 3.35. The minimum Gasteiger partial charge on any atom is -0.508 e. The monoisotopic (exact) mass is 292 g/mol. The van der Waals surface area contributed by atoms with Crippen LogP contribution < -0.4 is 5.32 Å². The van der Waals surface area contributed by atoms with Crippen molar-refractivity contribution < 1.29 is 5.11 Å². The zero-order chi connectivity index (χ0) is 12.1. The van der Waals surface area contributed by atoms with Gasteiger partial charge in [0.1, 0.15) is 5.75 Å². The Bertz CT molecular complexity index is 422. The second-order valence-corrected chi connectivity index (χ2v) is 4.65. The van der Waals surface area contributed by atoms with E-state index in [0.717, 1.165) is 28.8 Å². The highest BCUT2D eigenvalue weighted by Gasteiger charge is 1.96. The molecule has 0 fully saturated rings. The topological polar surface area (TPSA) is 45.1 Å². The predicted octanol–water partition coefficient (Wildman–Crippen LogP) is 2.84. The van der Waals surface area contributed by atoms with Crippen LogP contribution in [-0.2, 0) is 13.1 Å². The van der Waals surface area contributed by atoms with E-state index in [1.54, 1.807) is 18.3 Å². The number of benzene rings is 1. The van der Waals surface area contributed by atoms with Gasteiger partial charge in [0, 0.05) is 23.8 Å². The predicted molar refractivity (Wildman–Crippen MR) is 70.6 cm³/mol. The zero-order valence-corrected chi connectivity index (χ0v) is 10.8. The maximum Gasteiger partial charge on any atom is 0.115 e. The van der Waals surface area contributed by atoms with Crippen LogP contribution in [0.1, 0.15) is 11.3 Å². The molecule has 1 heterocycles. The molecule has 0 saturated heterocycles. The molecule has 0 bridgehead atoms. The third kappa shape index (κ3) is 3.84. The molecule has 0 radical (unpaired) electrons. The lowest BCUT2D eigenvalue weighted by atomic mass is 10.2. The molecule has 0 aliphatic rings. The summed E-state index contributed by atoms with van der Waals surface area (Å²) in [6.07, 6.45) is 1.79. The number of phenolic OH excluding ortho intramolecular Hbond substituents is 1. The fourth-order valence-corrected chi connectivity index (χ4v) is 1.69. The number of hydrogen-bond acceptors (Lipinski definition) is 3. The first-order valence-electron chi connectivity index (χ1n) is 5.33. The van der Waals surface area contributed by atoms with Crippen molar-refractivity contribution in [3.63, 3.8) is 0 Å². The summed E-state index contributed by atoms with van der Waals surface area (Å²) in [6.45, 7) is 1.49. The summed E-state index contributed by atoms with van der Waals surface area (Å²) in [4.78, 5) is 4.27. The Labute approximate surface area is 109 Å². The smallest absolute Gasteiger partial charge is 0.115 e. The van der Waals surface area contributed by atoms with E-state index < -0.39 is 0 Å². The Morgan fingerprint density at radius 3 is 2.47 bits per heavy atom. The van der Waals surface area contributed by atoms with Crippen LogP contribution in [0.25, 0.3) is 0 Å². The van der Waals surface area contributed by atoms with Gasteiger partial charge < -0.3 is 10.4 Å². The van der Waals surface area contributed by atoms with Gasteiger partial charge in [0.25, 0.3) is 0 Å². The first-order valence-corrected chi connectivity index (χ1v) is 6.12. The Balaban J connectivity index is 1.83. The van der Waals surface area contributed by atoms with E-state index in [1.807, 2.05) is 24.3 Å². The van der Waals surface area contributed by atoms with Crippen LogP contribution in [0.3, 0.4) is 0 Å². The lowest BCUT2D eigenvalue weighted by Crippen LogP contribution is -2.13. The van der Waals surface area contributed by atoms with Crippen molar-refractivity contribution in [3.8, 4) is 5.75 Å². The highest BCUT2D eigenvalue weighted by molar-refractivity contribution is 9.10. The Kier molecular flexibility index (Phi) is 4.12. The summed E-state index contributed by atoms with van der Waals surface area (Å²) in [7, 11) is 0. The molecule has 2 N–H and O–H groups in total. The molecule has 1 aromatic heterocycles. The molecule has 0 amide bonds. The number of nitrogens with zero attached hydrogens (tertiary/aromatic N) is 1. The standard InChI is InChI=1S/C13H13BrN2O/c14-11-3-4-12(16-8-11)9-15-7-10-1-5-13(17)6-2-10/h1-6,8,15,17H,7,9H2. The number of rotatable bonds is 4. The SMILES string of the molecule is Oc1ccc(CNCc2ccc(Br)cn2)cc1. The van der Waals surface area contributed by atoms with Gasteiger partial charge in [-0.2, -0.15) is 0 Å². The maximum absolute atomic E-state index is 9.15. The normalized spacial score (nSPS) is 10.4. The van der Waals surface area contributed by atoms with Gasteiger partial charge >= 0.3 is 0 Å². The lowest BCUT2D eigenvalue weighted by Gasteiger charge is -2.04. The largest absolute Gasteiger partial charge is 0.508 e. The molecule has 0 atom stereocenters. The lowest BCUT2D eigenvalue weighted by molar-refractivity contribution is 0.475. The molecule has 0 aliphatic carbocycles. The summed E-state index contributed by atoms with van der Waals surface area (Å²) < 4.78 is 0.986. The van der Waals surface area contributed by atoms with Crippen LogP contribution in [0, 0.1) is 0 Å². The van der Waals surface area contributed by atoms with Crippen molar-refractivity contribution >= 4 is 15.9 Å². The molecule has 88 valence electrons. The molecule has 1 aromatic carbocycles. The molecule has 17 heavy (non-hydrogen) atoms. The van der Waals surface area contributed by atoms with Gasteiger partial charge in [-0.15, -0.1) is 0 Å². The number of aromatic nitrogens is 1. The molecule has 0 unspecified atom stereocenters. The van der Waals surface area contributed by atoms with Gasteiger partial charge in [-0.1, -0.05) is 12.1 Å². The van der Waals surface area contributed by atoms with Crippen molar-refractivity contribution in [1.82, 2.24) is 10.3 Å². The average molecular weight is 293 g/mol. The van der Waals surface area contributed by atoms with E-state index in [9.17, 15) is 0 Å². The molecule has 0 aliphatic heterocycles. The third-order valence-corrected chi connectivity index (χ3v) is 2.83. The van der Waals surface area contributed by atoms with E-state index in [4.69, 9.17) is 5.11 Å². The molecule has 2 rings (SSSR count). The first kappa shape index (κ1) is 12.1. The Morgan fingerprint density at radius 2 is 1.82 bits per heavy atom. The van der Waals surface area contributed by atoms with Crippen LogP contribution in [0.2, 0.25) is 0 Å². The van der Waals surface area contributed by atoms with Crippen LogP contribution in [-0.4, -0.2) is 10.1 Å². The number of phenols is 1. The Hall–Kier alpha value is -1.39. The van der Waals surface area contributed by atoms with Crippen LogP contribution in [0.15, 0.2) is 47.1 Å². The quantitative estimate of drug-likeness (QED) is 0.911. The van der Waals surface area contributed by atoms with E-state index >= 15 is 0 Å². The molecule has 0 saturated carbocycles. The zero-order valence-electron chi connectivity index (χ0n) is 9.23. The molecular formula is C13H13BrN2O. The van der Waals surface area contributed by atoms with Crippen molar-refractivity contribution in [2.45, 2.75) is 13.1 Å². The number of pyridine rings is 1. The summed E-state index contributed by atoms with van der Waals surface area (Å²) in [5.74, 6) is 0.295. The third-order valence-electron chi connectivity index (χ3n) is 2.36. The van der Waals surface area contributed by atoms with Gasteiger partial charge in [0.05, 0.1) is 5.69 Å². The number of nitrogens with one attached hydrogen (secondary N) is 1. The van der Waals surface area contributed by atoms with Gasteiger partial charge in [0.15, 0.2) is 0 Å². The van der Waals surface area contributed by atoms with Crippen LogP contribution in [0.4, 0.5) is 0 Å². The van der Waals surface area contributed by atoms with Gasteiger partial charge in [-0.05, 0) is 45.8 Å². The number of aromatic hydroxyl groups is 1. The average Bonchev–Trinajstić information content (AvgIpc) is 2.34. The maximum atomic E-state index is 9.15. The van der Waals surface area contributed by atoms with E-state index in [0.29, 0.717) is 5.75 Å². The summed E-state index contributed by atoms with van der Waals surface area (Å²) in [6, 6.07) is 11.1. The number of hydrogen-bond donors (Lipinski definition) is 2. The fourth-order valence-electron chi connectivity index (χ4n) is 1.46. The van der Waals surface area contributed by atoms with Crippen molar-refractivity contribution in [2.75, 3.05) is 0 Å². The van der Waals surface area contributed by atoms with Gasteiger partial charge in [-0.25, -0.2) is 0 Å². The van der Waals surface area contributed by atoms with Crippen molar-refractivity contribution in [2.24, 2.45) is 0 Å². The van der Waals surface area contributed by atoms with Crippen LogP contribution >= 0.6 is 15.9 Å². The minimum atomic E-state index is 0.295. The molecule has 4 heteroatoms. The second-order valence-electron chi connectivity index (χ2n) is 3.74. The number of halogens is 1. The van der Waals surface area contributed by atoms with E-state index in [2.05, 4.69) is 26.2 Å². The molecule has 3 nitrogen and oxygen atoms in total. The van der Waals surface area contributed by atoms with Gasteiger partial charge in [-0.3, -0.25) is 4.98 Å². The highest BCUT2D eigenvalue weighted by Crippen LogP contribution is 2.10. The molecule has 2 aromatic rings.